The number of carbonyl (C=O) groups is 2. The highest BCUT2D eigenvalue weighted by atomic mass is 35.5. The molecule has 1 heterocycles. The number of nitrogens with zero attached hydrogens (tertiary/aromatic N) is 3. The summed E-state index contributed by atoms with van der Waals surface area (Å²) in [7, 11) is 0. The van der Waals surface area contributed by atoms with Gasteiger partial charge in [0.15, 0.2) is 5.69 Å². The fourth-order valence-electron chi connectivity index (χ4n) is 2.27. The van der Waals surface area contributed by atoms with E-state index in [-0.39, 0.29) is 41.2 Å². The smallest absolute Gasteiger partial charge is 0.357 e. The maximum absolute atomic E-state index is 12.9. The Morgan fingerprint density at radius 2 is 2.11 bits per heavy atom. The molecular formula is C17H18ClN3O5S. The maximum Gasteiger partial charge on any atom is 0.357 e. The molecule has 0 saturated heterocycles. The highest BCUT2D eigenvalue weighted by Crippen LogP contribution is 2.26. The van der Waals surface area contributed by atoms with Gasteiger partial charge in [0.1, 0.15) is 10.0 Å². The van der Waals surface area contributed by atoms with E-state index in [1.165, 1.54) is 28.4 Å². The van der Waals surface area contributed by atoms with Gasteiger partial charge in [0, 0.05) is 23.1 Å². The summed E-state index contributed by atoms with van der Waals surface area (Å²) in [6.45, 7) is 5.76. The van der Waals surface area contributed by atoms with Crippen molar-refractivity contribution in [2.45, 2.75) is 33.4 Å². The van der Waals surface area contributed by atoms with Crippen molar-refractivity contribution in [3.05, 3.63) is 55.0 Å². The lowest BCUT2D eigenvalue weighted by Crippen LogP contribution is -2.36. The average molecular weight is 412 g/mol. The highest BCUT2D eigenvalue weighted by molar-refractivity contribution is 7.09. The van der Waals surface area contributed by atoms with Crippen molar-refractivity contribution in [3.8, 4) is 0 Å². The molecule has 2 aromatic rings. The molecule has 0 spiro atoms. The van der Waals surface area contributed by atoms with Crippen LogP contribution in [-0.2, 0) is 11.3 Å². The first-order valence-corrected chi connectivity index (χ1v) is 9.36. The van der Waals surface area contributed by atoms with Gasteiger partial charge in [-0.25, -0.2) is 9.78 Å². The van der Waals surface area contributed by atoms with Gasteiger partial charge in [0.05, 0.1) is 18.1 Å². The number of rotatable bonds is 7. The van der Waals surface area contributed by atoms with Gasteiger partial charge in [0.2, 0.25) is 0 Å². The number of ether oxygens (including phenoxy) is 1. The van der Waals surface area contributed by atoms with E-state index >= 15 is 0 Å². The van der Waals surface area contributed by atoms with Crippen molar-refractivity contribution in [2.75, 3.05) is 6.61 Å². The second kappa shape index (κ2) is 8.92. The first kappa shape index (κ1) is 20.8. The molecule has 8 nitrogen and oxygen atoms in total. The Morgan fingerprint density at radius 1 is 1.41 bits per heavy atom. The third kappa shape index (κ3) is 5.01. The lowest BCUT2D eigenvalue weighted by molar-refractivity contribution is -0.384. The zero-order valence-corrected chi connectivity index (χ0v) is 16.5. The van der Waals surface area contributed by atoms with E-state index in [4.69, 9.17) is 16.3 Å². The summed E-state index contributed by atoms with van der Waals surface area (Å²) in [5, 5.41) is 13.2. The largest absolute Gasteiger partial charge is 0.461 e. The molecule has 2 rings (SSSR count). The molecule has 1 amide bonds. The Balaban J connectivity index is 2.25. The lowest BCUT2D eigenvalue weighted by Gasteiger charge is -2.26. The second-order valence-corrected chi connectivity index (χ2v) is 7.15. The van der Waals surface area contributed by atoms with Crippen LogP contribution in [0.1, 0.15) is 46.6 Å². The van der Waals surface area contributed by atoms with Crippen LogP contribution < -0.4 is 0 Å². The second-order valence-electron chi connectivity index (χ2n) is 5.80. The minimum absolute atomic E-state index is 0.0355. The Labute approximate surface area is 164 Å². The average Bonchev–Trinajstić information content (AvgIpc) is 3.08. The molecule has 10 heteroatoms. The maximum atomic E-state index is 12.9. The Bertz CT molecular complexity index is 868. The third-order valence-corrected chi connectivity index (χ3v) is 4.77. The van der Waals surface area contributed by atoms with Gasteiger partial charge in [0.25, 0.3) is 11.6 Å². The van der Waals surface area contributed by atoms with Gasteiger partial charge in [-0.15, -0.1) is 11.3 Å². The predicted molar refractivity (Wildman–Crippen MR) is 101 cm³/mol. The number of nitro groups is 1. The van der Waals surface area contributed by atoms with E-state index in [1.54, 1.807) is 12.3 Å². The van der Waals surface area contributed by atoms with E-state index in [2.05, 4.69) is 4.98 Å². The molecule has 144 valence electrons. The molecule has 0 unspecified atom stereocenters. The van der Waals surface area contributed by atoms with Crippen LogP contribution in [0.2, 0.25) is 5.02 Å². The summed E-state index contributed by atoms with van der Waals surface area (Å²) in [5.74, 6) is -0.909. The number of aromatic nitrogens is 1. The standard InChI is InChI=1S/C17H18ClN3O5S/c1-4-26-17(23)13-9-27-15(19-13)8-20(10(2)3)16(22)11-5-6-12(18)14(7-11)21(24)25/h5-7,9-10H,4,8H2,1-3H3. The summed E-state index contributed by atoms with van der Waals surface area (Å²) in [4.78, 5) is 40.7. The van der Waals surface area contributed by atoms with Crippen LogP contribution in [0.3, 0.4) is 0 Å². The van der Waals surface area contributed by atoms with Crippen LogP contribution in [0.25, 0.3) is 0 Å². The van der Waals surface area contributed by atoms with Gasteiger partial charge >= 0.3 is 5.97 Å². The van der Waals surface area contributed by atoms with Gasteiger partial charge in [-0.05, 0) is 32.9 Å². The lowest BCUT2D eigenvalue weighted by atomic mass is 10.1. The van der Waals surface area contributed by atoms with Crippen LogP contribution in [0, 0.1) is 10.1 Å². The third-order valence-electron chi connectivity index (χ3n) is 3.62. The van der Waals surface area contributed by atoms with Gasteiger partial charge < -0.3 is 9.64 Å². The van der Waals surface area contributed by atoms with E-state index in [9.17, 15) is 19.7 Å². The van der Waals surface area contributed by atoms with E-state index in [0.717, 1.165) is 6.07 Å². The van der Waals surface area contributed by atoms with Gasteiger partial charge in [-0.2, -0.15) is 0 Å². The minimum Gasteiger partial charge on any atom is -0.461 e. The van der Waals surface area contributed by atoms with E-state index in [1.807, 2.05) is 13.8 Å². The Hall–Kier alpha value is -2.52. The molecule has 1 aromatic carbocycles. The summed E-state index contributed by atoms with van der Waals surface area (Å²) in [6.07, 6.45) is 0. The highest BCUT2D eigenvalue weighted by Gasteiger charge is 2.24. The number of benzene rings is 1. The summed E-state index contributed by atoms with van der Waals surface area (Å²) < 4.78 is 4.91. The SMILES string of the molecule is CCOC(=O)c1csc(CN(C(=O)c2ccc(Cl)c([N+](=O)[O-])c2)C(C)C)n1. The van der Waals surface area contributed by atoms with Crippen molar-refractivity contribution in [3.63, 3.8) is 0 Å². The zero-order chi connectivity index (χ0) is 20.1. The number of hydrogen-bond acceptors (Lipinski definition) is 7. The molecule has 0 bridgehead atoms. The number of halogens is 1. The number of thiazole rings is 1. The van der Waals surface area contributed by atoms with E-state index in [0.29, 0.717) is 5.01 Å². The molecule has 0 aliphatic heterocycles. The topological polar surface area (TPSA) is 103 Å². The van der Waals surface area contributed by atoms with Crippen LogP contribution in [0.15, 0.2) is 23.6 Å². The van der Waals surface area contributed by atoms with E-state index < -0.39 is 16.8 Å². The molecule has 0 fully saturated rings. The quantitative estimate of drug-likeness (QED) is 0.388. The van der Waals surface area contributed by atoms with Crippen LogP contribution in [0.5, 0.6) is 0 Å². The van der Waals surface area contributed by atoms with Crippen LogP contribution in [-0.4, -0.2) is 39.3 Å². The number of carbonyl (C=O) groups excluding carboxylic acids is 2. The number of hydrogen-bond donors (Lipinski definition) is 0. The summed E-state index contributed by atoms with van der Waals surface area (Å²) >= 11 is 7.04. The number of nitro benzene ring substituents is 1. The molecule has 0 aliphatic carbocycles. The molecule has 1 aromatic heterocycles. The van der Waals surface area contributed by atoms with Crippen molar-refractivity contribution in [2.24, 2.45) is 0 Å². The van der Waals surface area contributed by atoms with Crippen molar-refractivity contribution < 1.29 is 19.2 Å². The fourth-order valence-corrected chi connectivity index (χ4v) is 3.22. The number of esters is 1. The molecule has 0 N–H and O–H groups in total. The van der Waals surface area contributed by atoms with Gasteiger partial charge in [-0.1, -0.05) is 11.6 Å². The molecule has 27 heavy (non-hydrogen) atoms. The first-order valence-electron chi connectivity index (χ1n) is 8.11. The molecule has 0 saturated carbocycles. The molecule has 0 aliphatic rings. The Kier molecular flexibility index (Phi) is 6.86. The fraction of sp³-hybridized carbons (Fsp3) is 0.353. The predicted octanol–water partition coefficient (Wildman–Crippen LogP) is 3.93. The normalized spacial score (nSPS) is 10.7. The monoisotopic (exact) mass is 411 g/mol. The van der Waals surface area contributed by atoms with Crippen molar-refractivity contribution >= 4 is 40.5 Å². The van der Waals surface area contributed by atoms with Crippen LogP contribution in [0.4, 0.5) is 5.69 Å². The Morgan fingerprint density at radius 3 is 2.70 bits per heavy atom. The summed E-state index contributed by atoms with van der Waals surface area (Å²) in [6, 6.07) is 3.74. The zero-order valence-electron chi connectivity index (χ0n) is 15.0. The molecule has 0 atom stereocenters. The van der Waals surface area contributed by atoms with Crippen molar-refractivity contribution in [1.29, 1.82) is 0 Å². The van der Waals surface area contributed by atoms with Crippen LogP contribution >= 0.6 is 22.9 Å². The summed E-state index contributed by atoms with van der Waals surface area (Å²) in [5.41, 5.74) is 0.0159. The molecular weight excluding hydrogens is 394 g/mol. The minimum atomic E-state index is -0.634. The van der Waals surface area contributed by atoms with Gasteiger partial charge in [-0.3, -0.25) is 14.9 Å². The number of amides is 1. The molecule has 0 radical (unpaired) electrons. The first-order chi connectivity index (χ1) is 12.7. The van der Waals surface area contributed by atoms with Crippen molar-refractivity contribution in [1.82, 2.24) is 9.88 Å².